The Balaban J connectivity index is 1.96. The molecule has 4 nitrogen and oxygen atoms in total. The quantitative estimate of drug-likeness (QED) is 0.881. The third-order valence-electron chi connectivity index (χ3n) is 3.37. The predicted molar refractivity (Wildman–Crippen MR) is 76.2 cm³/mol. The topological polar surface area (TPSA) is 61.9 Å². The van der Waals surface area contributed by atoms with Crippen LogP contribution in [0.15, 0.2) is 53.5 Å². The smallest absolute Gasteiger partial charge is 0.196 e. The average Bonchev–Trinajstić information content (AvgIpc) is 2.83. The lowest BCUT2D eigenvalue weighted by Crippen LogP contribution is -2.36. The van der Waals surface area contributed by atoms with E-state index in [9.17, 15) is 9.50 Å². The molecule has 1 heterocycles. The minimum atomic E-state index is -0.287. The molecule has 0 amide bonds. The van der Waals surface area contributed by atoms with Crippen molar-refractivity contribution in [2.75, 3.05) is 11.4 Å². The third kappa shape index (κ3) is 2.18. The number of aliphatic imine (C=N–C) groups is 1. The van der Waals surface area contributed by atoms with E-state index in [1.807, 2.05) is 17.0 Å². The van der Waals surface area contributed by atoms with E-state index in [1.54, 1.807) is 24.3 Å². The lowest BCUT2D eigenvalue weighted by molar-refractivity contribution is 0.475. The van der Waals surface area contributed by atoms with Crippen molar-refractivity contribution in [2.45, 2.75) is 6.04 Å². The molecule has 1 aliphatic heterocycles. The summed E-state index contributed by atoms with van der Waals surface area (Å²) in [5.74, 6) is 0.341. The molecule has 1 aliphatic rings. The molecular formula is C15H14FN3O. The number of halogens is 1. The van der Waals surface area contributed by atoms with Gasteiger partial charge in [-0.2, -0.15) is 0 Å². The van der Waals surface area contributed by atoms with Crippen LogP contribution in [0, 0.1) is 5.82 Å². The predicted octanol–water partition coefficient (Wildman–Crippen LogP) is 2.41. The number of nitrogens with zero attached hydrogens (tertiary/aromatic N) is 2. The fourth-order valence-corrected chi connectivity index (χ4v) is 2.36. The Morgan fingerprint density at radius 3 is 2.40 bits per heavy atom. The van der Waals surface area contributed by atoms with Crippen LogP contribution in [0.1, 0.15) is 11.6 Å². The van der Waals surface area contributed by atoms with Crippen LogP contribution in [0.25, 0.3) is 0 Å². The highest BCUT2D eigenvalue weighted by atomic mass is 19.1. The second-order valence-electron chi connectivity index (χ2n) is 4.65. The molecule has 0 aromatic heterocycles. The monoisotopic (exact) mass is 271 g/mol. The maximum absolute atomic E-state index is 13.0. The molecule has 1 unspecified atom stereocenters. The summed E-state index contributed by atoms with van der Waals surface area (Å²) in [6, 6.07) is 13.0. The first-order valence-corrected chi connectivity index (χ1v) is 6.29. The SMILES string of the molecule is NC1=NCC(c2ccc(O)cc2)N1c1ccc(F)cc1. The zero-order chi connectivity index (χ0) is 14.1. The minimum absolute atomic E-state index is 0.0407. The Morgan fingerprint density at radius 1 is 1.10 bits per heavy atom. The average molecular weight is 271 g/mol. The van der Waals surface area contributed by atoms with Crippen molar-refractivity contribution in [2.24, 2.45) is 10.7 Å². The molecule has 3 rings (SSSR count). The van der Waals surface area contributed by atoms with E-state index in [0.717, 1.165) is 11.3 Å². The number of rotatable bonds is 2. The van der Waals surface area contributed by atoms with E-state index < -0.39 is 0 Å². The summed E-state index contributed by atoms with van der Waals surface area (Å²) in [4.78, 5) is 6.13. The van der Waals surface area contributed by atoms with Crippen LogP contribution in [0.2, 0.25) is 0 Å². The number of hydrogen-bond donors (Lipinski definition) is 2. The first-order chi connectivity index (χ1) is 9.65. The lowest BCUT2D eigenvalue weighted by Gasteiger charge is -2.26. The van der Waals surface area contributed by atoms with Crippen LogP contribution in [0.3, 0.4) is 0 Å². The van der Waals surface area contributed by atoms with E-state index in [4.69, 9.17) is 5.73 Å². The second kappa shape index (κ2) is 4.85. The summed E-state index contributed by atoms with van der Waals surface area (Å²) in [5.41, 5.74) is 7.73. The number of phenols is 1. The summed E-state index contributed by atoms with van der Waals surface area (Å²) < 4.78 is 13.0. The molecular weight excluding hydrogens is 257 g/mol. The van der Waals surface area contributed by atoms with E-state index >= 15 is 0 Å². The van der Waals surface area contributed by atoms with Crippen LogP contribution in [-0.4, -0.2) is 17.6 Å². The van der Waals surface area contributed by atoms with Crippen molar-refractivity contribution < 1.29 is 9.50 Å². The Kier molecular flexibility index (Phi) is 3.02. The van der Waals surface area contributed by atoms with Crippen molar-refractivity contribution >= 4 is 11.6 Å². The first-order valence-electron chi connectivity index (χ1n) is 6.29. The number of aromatic hydroxyl groups is 1. The van der Waals surface area contributed by atoms with E-state index in [1.165, 1.54) is 12.1 Å². The van der Waals surface area contributed by atoms with Gasteiger partial charge in [0.05, 0.1) is 12.6 Å². The molecule has 0 radical (unpaired) electrons. The van der Waals surface area contributed by atoms with Crippen molar-refractivity contribution in [1.29, 1.82) is 0 Å². The van der Waals surface area contributed by atoms with Gasteiger partial charge in [-0.15, -0.1) is 0 Å². The van der Waals surface area contributed by atoms with Gasteiger partial charge >= 0.3 is 0 Å². The van der Waals surface area contributed by atoms with Crippen LogP contribution in [-0.2, 0) is 0 Å². The van der Waals surface area contributed by atoms with E-state index in [-0.39, 0.29) is 17.6 Å². The summed E-state index contributed by atoms with van der Waals surface area (Å²) >= 11 is 0. The highest BCUT2D eigenvalue weighted by Gasteiger charge is 2.28. The van der Waals surface area contributed by atoms with Gasteiger partial charge in [0, 0.05) is 5.69 Å². The van der Waals surface area contributed by atoms with Gasteiger partial charge in [0.25, 0.3) is 0 Å². The number of anilines is 1. The highest BCUT2D eigenvalue weighted by Crippen LogP contribution is 2.31. The van der Waals surface area contributed by atoms with Gasteiger partial charge in [-0.3, -0.25) is 4.99 Å². The van der Waals surface area contributed by atoms with Crippen LogP contribution >= 0.6 is 0 Å². The molecule has 0 bridgehead atoms. The highest BCUT2D eigenvalue weighted by molar-refractivity contribution is 5.97. The number of phenolic OH excluding ortho intramolecular Hbond substituents is 1. The molecule has 0 spiro atoms. The second-order valence-corrected chi connectivity index (χ2v) is 4.65. The Morgan fingerprint density at radius 2 is 1.75 bits per heavy atom. The van der Waals surface area contributed by atoms with Gasteiger partial charge in [-0.25, -0.2) is 4.39 Å². The van der Waals surface area contributed by atoms with Gasteiger partial charge in [0.1, 0.15) is 11.6 Å². The van der Waals surface area contributed by atoms with E-state index in [0.29, 0.717) is 12.5 Å². The zero-order valence-electron chi connectivity index (χ0n) is 10.7. The minimum Gasteiger partial charge on any atom is -0.508 e. The largest absolute Gasteiger partial charge is 0.508 e. The third-order valence-corrected chi connectivity index (χ3v) is 3.37. The molecule has 2 aromatic carbocycles. The summed E-state index contributed by atoms with van der Waals surface area (Å²) in [6.45, 7) is 0.536. The molecule has 0 fully saturated rings. The maximum Gasteiger partial charge on any atom is 0.196 e. The molecule has 0 saturated heterocycles. The molecule has 20 heavy (non-hydrogen) atoms. The molecule has 1 atom stereocenters. The van der Waals surface area contributed by atoms with Gasteiger partial charge in [0.15, 0.2) is 5.96 Å². The lowest BCUT2D eigenvalue weighted by atomic mass is 10.1. The Bertz CT molecular complexity index is 637. The van der Waals surface area contributed by atoms with Gasteiger partial charge in [0.2, 0.25) is 0 Å². The molecule has 5 heteroatoms. The standard InChI is InChI=1S/C15H14FN3O/c16-11-3-5-12(6-4-11)19-14(9-18-15(19)17)10-1-7-13(20)8-2-10/h1-8,14,20H,9H2,(H2,17,18). The summed E-state index contributed by atoms with van der Waals surface area (Å²) in [7, 11) is 0. The van der Waals surface area contributed by atoms with Crippen molar-refractivity contribution in [3.63, 3.8) is 0 Å². The van der Waals surface area contributed by atoms with E-state index in [2.05, 4.69) is 4.99 Å². The molecule has 3 N–H and O–H groups in total. The normalized spacial score (nSPS) is 18.1. The number of guanidine groups is 1. The number of hydrogen-bond acceptors (Lipinski definition) is 4. The number of benzene rings is 2. The van der Waals surface area contributed by atoms with Gasteiger partial charge < -0.3 is 15.7 Å². The molecule has 0 aliphatic carbocycles. The van der Waals surface area contributed by atoms with Crippen LogP contribution in [0.4, 0.5) is 10.1 Å². The molecule has 2 aromatic rings. The number of nitrogens with two attached hydrogens (primary N) is 1. The van der Waals surface area contributed by atoms with Gasteiger partial charge in [-0.05, 0) is 42.0 Å². The molecule has 0 saturated carbocycles. The summed E-state index contributed by atoms with van der Waals surface area (Å²) in [6.07, 6.45) is 0. The van der Waals surface area contributed by atoms with Crippen molar-refractivity contribution in [3.8, 4) is 5.75 Å². The Hall–Kier alpha value is -2.56. The van der Waals surface area contributed by atoms with Crippen LogP contribution < -0.4 is 10.6 Å². The Labute approximate surface area is 116 Å². The van der Waals surface area contributed by atoms with Crippen molar-refractivity contribution in [3.05, 3.63) is 59.9 Å². The van der Waals surface area contributed by atoms with Gasteiger partial charge in [-0.1, -0.05) is 12.1 Å². The fraction of sp³-hybridized carbons (Fsp3) is 0.133. The zero-order valence-corrected chi connectivity index (χ0v) is 10.7. The fourth-order valence-electron chi connectivity index (χ4n) is 2.36. The summed E-state index contributed by atoms with van der Waals surface area (Å²) in [5, 5.41) is 9.36. The first kappa shape index (κ1) is 12.5. The van der Waals surface area contributed by atoms with Crippen LogP contribution in [0.5, 0.6) is 5.75 Å². The molecule has 102 valence electrons. The van der Waals surface area contributed by atoms with Crippen molar-refractivity contribution in [1.82, 2.24) is 0 Å². The maximum atomic E-state index is 13.0.